The molecule has 128 valence electrons. The summed E-state index contributed by atoms with van der Waals surface area (Å²) in [6.07, 6.45) is 1.61. The Bertz CT molecular complexity index is 1170. The first-order valence-corrected chi connectivity index (χ1v) is 8.54. The van der Waals surface area contributed by atoms with Gasteiger partial charge in [0.2, 0.25) is 4.77 Å². The number of phenols is 1. The Morgan fingerprint density at radius 3 is 2.65 bits per heavy atom. The summed E-state index contributed by atoms with van der Waals surface area (Å²) in [5, 5.41) is 23.8. The molecule has 0 atom stereocenters. The molecule has 1 heterocycles. The monoisotopic (exact) mass is 360 g/mol. The molecule has 5 nitrogen and oxygen atoms in total. The number of aromatic nitrogens is 3. The van der Waals surface area contributed by atoms with Gasteiger partial charge in [0.25, 0.3) is 0 Å². The van der Waals surface area contributed by atoms with Crippen molar-refractivity contribution in [3.05, 3.63) is 76.6 Å². The Morgan fingerprint density at radius 1 is 1.08 bits per heavy atom. The van der Waals surface area contributed by atoms with Crippen LogP contribution in [0.5, 0.6) is 5.75 Å². The molecule has 1 aromatic heterocycles. The standard InChI is InChI=1S/C20H16N4OS/c1-13-6-8-15(9-7-13)19-22-23-20(26)24(19)21-12-17-16-5-3-2-4-14(16)10-11-18(17)25/h2-12,25H,1H3,(H,23,26)/b21-12+. The van der Waals surface area contributed by atoms with Gasteiger partial charge in [-0.15, -0.1) is 0 Å². The van der Waals surface area contributed by atoms with Crippen molar-refractivity contribution in [3.8, 4) is 17.1 Å². The van der Waals surface area contributed by atoms with E-state index in [9.17, 15) is 5.11 Å². The highest BCUT2D eigenvalue weighted by Gasteiger charge is 2.09. The van der Waals surface area contributed by atoms with Crippen LogP contribution in [-0.2, 0) is 0 Å². The third kappa shape index (κ3) is 2.91. The van der Waals surface area contributed by atoms with Crippen LogP contribution < -0.4 is 0 Å². The van der Waals surface area contributed by atoms with Gasteiger partial charge >= 0.3 is 0 Å². The zero-order chi connectivity index (χ0) is 18.1. The fourth-order valence-electron chi connectivity index (χ4n) is 2.82. The quantitative estimate of drug-likeness (QED) is 0.413. The molecule has 3 aromatic carbocycles. The largest absolute Gasteiger partial charge is 0.507 e. The van der Waals surface area contributed by atoms with Crippen LogP contribution in [0.15, 0.2) is 65.8 Å². The molecule has 2 N–H and O–H groups in total. The van der Waals surface area contributed by atoms with Crippen LogP contribution in [-0.4, -0.2) is 26.2 Å². The Hall–Kier alpha value is -3.25. The van der Waals surface area contributed by atoms with Crippen LogP contribution in [0.3, 0.4) is 0 Å². The minimum Gasteiger partial charge on any atom is -0.507 e. The highest BCUT2D eigenvalue weighted by Crippen LogP contribution is 2.26. The lowest BCUT2D eigenvalue weighted by molar-refractivity contribution is 0.475. The molecular formula is C20H16N4OS. The Labute approximate surface area is 155 Å². The molecule has 0 radical (unpaired) electrons. The van der Waals surface area contributed by atoms with Crippen molar-refractivity contribution >= 4 is 29.2 Å². The van der Waals surface area contributed by atoms with E-state index in [1.165, 1.54) is 5.56 Å². The summed E-state index contributed by atoms with van der Waals surface area (Å²) in [4.78, 5) is 0. The van der Waals surface area contributed by atoms with Crippen LogP contribution in [0.25, 0.3) is 22.2 Å². The molecule has 0 aliphatic rings. The first-order valence-electron chi connectivity index (χ1n) is 8.13. The van der Waals surface area contributed by atoms with Crippen molar-refractivity contribution in [1.29, 1.82) is 0 Å². The van der Waals surface area contributed by atoms with Crippen LogP contribution in [0.4, 0.5) is 0 Å². The van der Waals surface area contributed by atoms with Crippen LogP contribution >= 0.6 is 12.2 Å². The summed E-state index contributed by atoms with van der Waals surface area (Å²) in [6, 6.07) is 19.3. The van der Waals surface area contributed by atoms with Gasteiger partial charge in [-0.25, -0.2) is 5.10 Å². The summed E-state index contributed by atoms with van der Waals surface area (Å²) < 4.78 is 1.94. The first-order chi connectivity index (χ1) is 12.6. The van der Waals surface area contributed by atoms with Gasteiger partial charge in [-0.2, -0.15) is 14.9 Å². The number of aromatic hydroxyl groups is 1. The number of hydrogen-bond donors (Lipinski definition) is 2. The average Bonchev–Trinajstić information content (AvgIpc) is 3.02. The van der Waals surface area contributed by atoms with Crippen molar-refractivity contribution < 1.29 is 5.11 Å². The molecule has 6 heteroatoms. The summed E-state index contributed by atoms with van der Waals surface area (Å²) in [6.45, 7) is 2.03. The number of hydrogen-bond acceptors (Lipinski definition) is 4. The van der Waals surface area contributed by atoms with E-state index >= 15 is 0 Å². The first kappa shape index (κ1) is 16.2. The lowest BCUT2D eigenvalue weighted by Crippen LogP contribution is -1.96. The van der Waals surface area contributed by atoms with Crippen molar-refractivity contribution in [3.63, 3.8) is 0 Å². The highest BCUT2D eigenvalue weighted by atomic mass is 32.1. The maximum absolute atomic E-state index is 10.3. The zero-order valence-electron chi connectivity index (χ0n) is 14.0. The molecule has 0 aliphatic heterocycles. The summed E-state index contributed by atoms with van der Waals surface area (Å²) in [7, 11) is 0. The Kier molecular flexibility index (Phi) is 4.10. The molecule has 0 saturated carbocycles. The van der Waals surface area contributed by atoms with E-state index < -0.39 is 0 Å². The number of H-pyrrole nitrogens is 1. The topological polar surface area (TPSA) is 66.2 Å². The van der Waals surface area contributed by atoms with E-state index in [1.54, 1.807) is 17.0 Å². The predicted molar refractivity (Wildman–Crippen MR) is 106 cm³/mol. The molecule has 0 fully saturated rings. The lowest BCUT2D eigenvalue weighted by Gasteiger charge is -2.05. The number of aryl methyl sites for hydroxylation is 1. The number of fused-ring (bicyclic) bond motifs is 1. The second kappa shape index (κ2) is 6.57. The second-order valence-electron chi connectivity index (χ2n) is 5.99. The van der Waals surface area contributed by atoms with Gasteiger partial charge in [-0.05, 0) is 36.0 Å². The normalized spacial score (nSPS) is 11.4. The highest BCUT2D eigenvalue weighted by molar-refractivity contribution is 7.71. The van der Waals surface area contributed by atoms with Gasteiger partial charge in [0.1, 0.15) is 5.75 Å². The van der Waals surface area contributed by atoms with Crippen molar-refractivity contribution in [1.82, 2.24) is 14.9 Å². The molecule has 0 amide bonds. The van der Waals surface area contributed by atoms with Gasteiger partial charge in [-0.3, -0.25) is 0 Å². The molecule has 0 bridgehead atoms. The van der Waals surface area contributed by atoms with E-state index in [4.69, 9.17) is 12.2 Å². The third-order valence-electron chi connectivity index (χ3n) is 4.21. The average molecular weight is 360 g/mol. The number of aromatic amines is 1. The third-order valence-corrected chi connectivity index (χ3v) is 4.47. The van der Waals surface area contributed by atoms with Crippen molar-refractivity contribution in [2.75, 3.05) is 0 Å². The van der Waals surface area contributed by atoms with Crippen LogP contribution in [0, 0.1) is 11.7 Å². The fourth-order valence-corrected chi connectivity index (χ4v) is 3.00. The molecule has 0 unspecified atom stereocenters. The van der Waals surface area contributed by atoms with Crippen LogP contribution in [0.2, 0.25) is 0 Å². The summed E-state index contributed by atoms with van der Waals surface area (Å²) in [5.74, 6) is 0.783. The van der Waals surface area contributed by atoms with Gasteiger partial charge in [0.05, 0.1) is 6.21 Å². The molecule has 0 spiro atoms. The van der Waals surface area contributed by atoms with E-state index in [1.807, 2.05) is 61.5 Å². The minimum absolute atomic E-state index is 0.166. The zero-order valence-corrected chi connectivity index (χ0v) is 14.9. The predicted octanol–water partition coefficient (Wildman–Crippen LogP) is 4.66. The van der Waals surface area contributed by atoms with E-state index in [0.717, 1.165) is 16.3 Å². The van der Waals surface area contributed by atoms with Crippen LogP contribution in [0.1, 0.15) is 11.1 Å². The smallest absolute Gasteiger partial charge is 0.216 e. The maximum atomic E-state index is 10.3. The molecule has 0 saturated heterocycles. The molecule has 4 aromatic rings. The SMILES string of the molecule is Cc1ccc(-c2n[nH]c(=S)n2/N=C/c2c(O)ccc3ccccc23)cc1. The summed E-state index contributed by atoms with van der Waals surface area (Å²) >= 11 is 5.31. The second-order valence-corrected chi connectivity index (χ2v) is 6.38. The Morgan fingerprint density at radius 2 is 1.85 bits per heavy atom. The van der Waals surface area contributed by atoms with Crippen molar-refractivity contribution in [2.24, 2.45) is 5.10 Å². The van der Waals surface area contributed by atoms with Gasteiger partial charge < -0.3 is 5.11 Å². The summed E-state index contributed by atoms with van der Waals surface area (Å²) in [5.41, 5.74) is 2.71. The lowest BCUT2D eigenvalue weighted by atomic mass is 10.0. The fraction of sp³-hybridized carbons (Fsp3) is 0.0500. The van der Waals surface area contributed by atoms with Gasteiger partial charge in [0, 0.05) is 11.1 Å². The molecule has 26 heavy (non-hydrogen) atoms. The maximum Gasteiger partial charge on any atom is 0.216 e. The number of benzene rings is 3. The number of nitrogens with one attached hydrogen (secondary N) is 1. The molecule has 4 rings (SSSR count). The molecular weight excluding hydrogens is 344 g/mol. The van der Waals surface area contributed by atoms with Gasteiger partial charge in [0.15, 0.2) is 5.82 Å². The van der Waals surface area contributed by atoms with Crippen molar-refractivity contribution in [2.45, 2.75) is 6.92 Å². The number of nitrogens with zero attached hydrogens (tertiary/aromatic N) is 3. The number of rotatable bonds is 3. The molecule has 0 aliphatic carbocycles. The van der Waals surface area contributed by atoms with E-state index in [0.29, 0.717) is 16.2 Å². The Balaban J connectivity index is 1.82. The van der Waals surface area contributed by atoms with E-state index in [-0.39, 0.29) is 5.75 Å². The minimum atomic E-state index is 0.166. The van der Waals surface area contributed by atoms with E-state index in [2.05, 4.69) is 15.3 Å². The number of phenolic OH excluding ortho intramolecular Hbond substituents is 1. The van der Waals surface area contributed by atoms with Gasteiger partial charge in [-0.1, -0.05) is 60.2 Å².